The van der Waals surface area contributed by atoms with Crippen molar-refractivity contribution in [2.75, 3.05) is 10.7 Å². The average molecular weight is 469 g/mol. The van der Waals surface area contributed by atoms with Crippen LogP contribution in [0.1, 0.15) is 38.0 Å². The van der Waals surface area contributed by atoms with E-state index in [0.717, 1.165) is 5.56 Å². The normalized spacial score (nSPS) is 12.8. The number of thioether (sulfide) groups is 1. The molecule has 5 rings (SSSR count). The molecule has 0 saturated heterocycles. The van der Waals surface area contributed by atoms with Gasteiger partial charge in [-0.25, -0.2) is 4.90 Å². The van der Waals surface area contributed by atoms with Crippen molar-refractivity contribution < 1.29 is 14.4 Å². The number of hydrogen-bond donors (Lipinski definition) is 0. The van der Waals surface area contributed by atoms with Crippen molar-refractivity contribution in [1.82, 2.24) is 14.8 Å². The molecule has 7 nitrogen and oxygen atoms in total. The minimum absolute atomic E-state index is 0.0306. The summed E-state index contributed by atoms with van der Waals surface area (Å²) in [6, 6.07) is 23.1. The van der Waals surface area contributed by atoms with Crippen LogP contribution >= 0.6 is 11.8 Å². The van der Waals surface area contributed by atoms with Gasteiger partial charge in [0.15, 0.2) is 16.8 Å². The van der Waals surface area contributed by atoms with Gasteiger partial charge in [-0.2, -0.15) is 0 Å². The molecule has 1 aromatic heterocycles. The fourth-order valence-corrected chi connectivity index (χ4v) is 4.81. The number of amides is 2. The summed E-state index contributed by atoms with van der Waals surface area (Å²) < 4.78 is 1.94. The van der Waals surface area contributed by atoms with Crippen molar-refractivity contribution >= 4 is 35.0 Å². The summed E-state index contributed by atoms with van der Waals surface area (Å²) in [5.74, 6) is 0.300. The number of nitrogens with zero attached hydrogens (tertiary/aromatic N) is 4. The third-order valence-electron chi connectivity index (χ3n) is 5.64. The number of aromatic nitrogens is 3. The molecule has 0 fully saturated rings. The molecule has 0 aliphatic carbocycles. The topological polar surface area (TPSA) is 85.2 Å². The second-order valence-electron chi connectivity index (χ2n) is 7.67. The van der Waals surface area contributed by atoms with E-state index < -0.39 is 0 Å². The van der Waals surface area contributed by atoms with E-state index in [9.17, 15) is 14.4 Å². The summed E-state index contributed by atoms with van der Waals surface area (Å²) in [5.41, 5.74) is 2.79. The van der Waals surface area contributed by atoms with Crippen LogP contribution in [-0.2, 0) is 6.54 Å². The fourth-order valence-electron chi connectivity index (χ4n) is 3.91. The molecule has 1 aliphatic rings. The summed E-state index contributed by atoms with van der Waals surface area (Å²) in [6.45, 7) is 2.62. The molecule has 0 unspecified atom stereocenters. The predicted molar refractivity (Wildman–Crippen MR) is 130 cm³/mol. The molecule has 0 atom stereocenters. The zero-order chi connectivity index (χ0) is 23.7. The molecule has 2 heterocycles. The van der Waals surface area contributed by atoms with Gasteiger partial charge in [0.2, 0.25) is 0 Å². The van der Waals surface area contributed by atoms with Crippen LogP contribution in [0.2, 0.25) is 0 Å². The van der Waals surface area contributed by atoms with Crippen molar-refractivity contribution in [1.29, 1.82) is 0 Å². The predicted octanol–water partition coefficient (Wildman–Crippen LogP) is 4.74. The third-order valence-corrected chi connectivity index (χ3v) is 6.61. The van der Waals surface area contributed by atoms with Crippen molar-refractivity contribution in [3.05, 3.63) is 95.6 Å². The minimum atomic E-state index is -0.327. The molecule has 0 radical (unpaired) electrons. The maximum absolute atomic E-state index is 12.7. The van der Waals surface area contributed by atoms with Crippen molar-refractivity contribution in [3.63, 3.8) is 0 Å². The molecule has 34 heavy (non-hydrogen) atoms. The Balaban J connectivity index is 1.35. The molecule has 0 saturated carbocycles. The lowest BCUT2D eigenvalue weighted by atomic mass is 10.1. The highest BCUT2D eigenvalue weighted by Crippen LogP contribution is 2.31. The van der Waals surface area contributed by atoms with Crippen LogP contribution in [0.15, 0.2) is 84.0 Å². The second kappa shape index (κ2) is 9.07. The fraction of sp³-hybridized carbons (Fsp3) is 0.115. The van der Waals surface area contributed by atoms with E-state index in [1.165, 1.54) is 16.7 Å². The Hall–Kier alpha value is -4.04. The first-order valence-electron chi connectivity index (χ1n) is 10.8. The van der Waals surface area contributed by atoms with E-state index in [4.69, 9.17) is 0 Å². The van der Waals surface area contributed by atoms with Gasteiger partial charge in [-0.1, -0.05) is 54.2 Å². The quantitative estimate of drug-likeness (QED) is 0.221. The monoisotopic (exact) mass is 468 g/mol. The van der Waals surface area contributed by atoms with Gasteiger partial charge >= 0.3 is 0 Å². The van der Waals surface area contributed by atoms with E-state index in [0.29, 0.717) is 39.9 Å². The number of carbonyl (C=O) groups is 3. The Morgan fingerprint density at radius 3 is 2.06 bits per heavy atom. The smallest absolute Gasteiger partial charge is 0.266 e. The van der Waals surface area contributed by atoms with Gasteiger partial charge in [0.25, 0.3) is 11.8 Å². The van der Waals surface area contributed by atoms with Crippen LogP contribution in [0.4, 0.5) is 5.69 Å². The number of rotatable bonds is 7. The molecule has 1 aliphatic heterocycles. The molecule has 168 valence electrons. The summed E-state index contributed by atoms with van der Waals surface area (Å²) in [5, 5.41) is 9.27. The Bertz CT molecular complexity index is 1360. The Morgan fingerprint density at radius 1 is 0.824 bits per heavy atom. The van der Waals surface area contributed by atoms with E-state index in [-0.39, 0.29) is 23.4 Å². The Kier molecular flexibility index (Phi) is 5.81. The van der Waals surface area contributed by atoms with Gasteiger partial charge in [0.05, 0.1) is 22.6 Å². The lowest BCUT2D eigenvalue weighted by Crippen LogP contribution is -2.29. The van der Waals surface area contributed by atoms with Crippen LogP contribution in [0.3, 0.4) is 0 Å². The number of Topliss-reactive ketones (excluding diaryl/α,β-unsaturated/α-hetero) is 1. The summed E-state index contributed by atoms with van der Waals surface area (Å²) in [4.78, 5) is 39.1. The standard InChI is InChI=1S/C26H20N4O3S/c1-2-29-23(27-28-26(29)34-16-22(31)17-8-4-3-5-9-17)18-12-14-19(15-13-18)30-24(32)20-10-6-7-11-21(20)25(30)33/h3-15H,2,16H2,1H3. The maximum atomic E-state index is 12.7. The van der Waals surface area contributed by atoms with Gasteiger partial charge in [-0.3, -0.25) is 14.4 Å². The van der Waals surface area contributed by atoms with Crippen molar-refractivity contribution in [2.24, 2.45) is 0 Å². The van der Waals surface area contributed by atoms with Crippen LogP contribution < -0.4 is 4.90 Å². The van der Waals surface area contributed by atoms with Crippen LogP contribution in [0.5, 0.6) is 0 Å². The lowest BCUT2D eigenvalue weighted by molar-refractivity contribution is 0.0925. The second-order valence-corrected chi connectivity index (χ2v) is 8.61. The van der Waals surface area contributed by atoms with E-state index in [1.807, 2.05) is 41.8 Å². The minimum Gasteiger partial charge on any atom is -0.302 e. The molecular formula is C26H20N4O3S. The molecule has 2 amide bonds. The number of ketones is 1. The third kappa shape index (κ3) is 3.82. The Labute approximate surface area is 200 Å². The summed E-state index contributed by atoms with van der Waals surface area (Å²) in [7, 11) is 0. The van der Waals surface area contributed by atoms with Crippen molar-refractivity contribution in [2.45, 2.75) is 18.6 Å². The average Bonchev–Trinajstić information content (AvgIpc) is 3.41. The zero-order valence-electron chi connectivity index (χ0n) is 18.3. The first kappa shape index (κ1) is 21.8. The van der Waals surface area contributed by atoms with Gasteiger partial charge in [-0.15, -0.1) is 10.2 Å². The number of imide groups is 1. The van der Waals surface area contributed by atoms with Crippen LogP contribution in [0.25, 0.3) is 11.4 Å². The molecular weight excluding hydrogens is 448 g/mol. The van der Waals surface area contributed by atoms with E-state index in [1.54, 1.807) is 48.5 Å². The molecule has 0 N–H and O–H groups in total. The molecule has 4 aromatic rings. The highest BCUT2D eigenvalue weighted by molar-refractivity contribution is 7.99. The molecule has 8 heteroatoms. The van der Waals surface area contributed by atoms with Gasteiger partial charge in [-0.05, 0) is 43.3 Å². The summed E-state index contributed by atoms with van der Waals surface area (Å²) >= 11 is 1.35. The number of anilines is 1. The first-order valence-corrected chi connectivity index (χ1v) is 11.8. The first-order chi connectivity index (χ1) is 16.6. The SMILES string of the molecule is CCn1c(SCC(=O)c2ccccc2)nnc1-c1ccc(N2C(=O)c3ccccc3C2=O)cc1. The summed E-state index contributed by atoms with van der Waals surface area (Å²) in [6.07, 6.45) is 0. The van der Waals surface area contributed by atoms with Crippen molar-refractivity contribution in [3.8, 4) is 11.4 Å². The molecule has 3 aromatic carbocycles. The van der Waals surface area contributed by atoms with Crippen LogP contribution in [-0.4, -0.2) is 38.1 Å². The zero-order valence-corrected chi connectivity index (χ0v) is 19.2. The van der Waals surface area contributed by atoms with Gasteiger partial charge in [0, 0.05) is 17.7 Å². The van der Waals surface area contributed by atoms with Crippen LogP contribution in [0, 0.1) is 0 Å². The van der Waals surface area contributed by atoms with E-state index in [2.05, 4.69) is 10.2 Å². The number of hydrogen-bond acceptors (Lipinski definition) is 6. The molecule has 0 bridgehead atoms. The molecule has 0 spiro atoms. The Morgan fingerprint density at radius 2 is 1.44 bits per heavy atom. The number of benzene rings is 3. The highest BCUT2D eigenvalue weighted by atomic mass is 32.2. The number of fused-ring (bicyclic) bond motifs is 1. The van der Waals surface area contributed by atoms with E-state index >= 15 is 0 Å². The number of carbonyl (C=O) groups excluding carboxylic acids is 3. The lowest BCUT2D eigenvalue weighted by Gasteiger charge is -2.14. The largest absolute Gasteiger partial charge is 0.302 e. The highest BCUT2D eigenvalue weighted by Gasteiger charge is 2.36. The van der Waals surface area contributed by atoms with Gasteiger partial charge < -0.3 is 4.57 Å². The van der Waals surface area contributed by atoms with Gasteiger partial charge in [0.1, 0.15) is 0 Å². The maximum Gasteiger partial charge on any atom is 0.266 e.